The quantitative estimate of drug-likeness (QED) is 0.498. The van der Waals surface area contributed by atoms with Crippen LogP contribution < -0.4 is 4.74 Å². The fraction of sp³-hybridized carbons (Fsp3) is 0.300. The summed E-state index contributed by atoms with van der Waals surface area (Å²) in [5.41, 5.74) is 0.546. The molecule has 0 fully saturated rings. The molecule has 0 unspecified atom stereocenters. The Morgan fingerprint density at radius 3 is 2.69 bits per heavy atom. The lowest BCUT2D eigenvalue weighted by Gasteiger charge is -2.08. The van der Waals surface area contributed by atoms with Gasteiger partial charge in [-0.25, -0.2) is 4.79 Å². The fourth-order valence-corrected chi connectivity index (χ4v) is 1.43. The van der Waals surface area contributed by atoms with E-state index in [0.29, 0.717) is 18.4 Å². The minimum Gasteiger partial charge on any atom is -0.504 e. The molecule has 1 aromatic rings. The van der Waals surface area contributed by atoms with Gasteiger partial charge < -0.3 is 14.9 Å². The van der Waals surface area contributed by atoms with Crippen LogP contribution in [0.25, 0.3) is 0 Å². The van der Waals surface area contributed by atoms with Crippen molar-refractivity contribution in [1.29, 1.82) is 0 Å². The molecule has 0 heterocycles. The number of rotatable bonds is 4. The number of hydrogen-bond acceptors (Lipinski definition) is 3. The molecule has 2 N–H and O–H groups in total. The molecule has 1 rings (SSSR count). The third-order valence-corrected chi connectivity index (χ3v) is 2.35. The van der Waals surface area contributed by atoms with Crippen LogP contribution in [0.3, 0.4) is 0 Å². The molecule has 0 aliphatic heterocycles. The van der Waals surface area contributed by atoms with Crippen LogP contribution in [0.15, 0.2) is 18.2 Å². The summed E-state index contributed by atoms with van der Waals surface area (Å²) in [5, 5.41) is 18.1. The van der Waals surface area contributed by atoms with Gasteiger partial charge in [0.15, 0.2) is 11.5 Å². The minimum absolute atomic E-state index is 0.0919. The van der Waals surface area contributed by atoms with E-state index in [1.54, 1.807) is 12.1 Å². The van der Waals surface area contributed by atoms with Crippen LogP contribution in [0, 0.1) is 0 Å². The van der Waals surface area contributed by atoms with Gasteiger partial charge in [0.25, 0.3) is 0 Å². The third kappa shape index (κ3) is 3.79. The largest absolute Gasteiger partial charge is 0.511 e. The first-order chi connectivity index (χ1) is 7.50. The second-order valence-corrected chi connectivity index (χ2v) is 4.34. The van der Waals surface area contributed by atoms with Crippen LogP contribution in [0.2, 0.25) is 0 Å². The summed E-state index contributed by atoms with van der Waals surface area (Å²) in [4.78, 5) is 9.80. The van der Waals surface area contributed by atoms with E-state index in [2.05, 4.69) is 4.74 Å². The summed E-state index contributed by atoms with van der Waals surface area (Å²) in [6.45, 7) is 0. The molecule has 0 radical (unpaired) electrons. The molecule has 1 aromatic carbocycles. The zero-order valence-corrected chi connectivity index (χ0v) is 9.70. The molecule has 16 heavy (non-hydrogen) atoms. The molecular weight excluding hydrogens is 255 g/mol. The van der Waals surface area contributed by atoms with Crippen LogP contribution in [0.1, 0.15) is 12.0 Å². The van der Waals surface area contributed by atoms with Crippen LogP contribution in [0.4, 0.5) is 4.79 Å². The van der Waals surface area contributed by atoms with E-state index in [1.807, 2.05) is 0 Å². The van der Waals surface area contributed by atoms with Gasteiger partial charge in [0.1, 0.15) is 4.84 Å². The molecule has 0 saturated carbocycles. The maximum Gasteiger partial charge on any atom is 0.511 e. The third-order valence-electron chi connectivity index (χ3n) is 1.91. The molecule has 6 heteroatoms. The Kier molecular flexibility index (Phi) is 4.71. The number of ether oxygens (including phenoxy) is 1. The lowest BCUT2D eigenvalue weighted by molar-refractivity contribution is 0.143. The predicted octanol–water partition coefficient (Wildman–Crippen LogP) is 3.19. The number of phenols is 1. The molecule has 0 spiro atoms. The van der Waals surface area contributed by atoms with Crippen molar-refractivity contribution in [3.8, 4) is 11.5 Å². The first-order valence-electron chi connectivity index (χ1n) is 4.50. The van der Waals surface area contributed by atoms with E-state index in [4.69, 9.17) is 28.3 Å². The maximum absolute atomic E-state index is 10.3. The zero-order valence-electron chi connectivity index (χ0n) is 8.19. The number of benzene rings is 1. The molecule has 0 aliphatic rings. The van der Waals surface area contributed by atoms with Gasteiger partial charge in [-0.15, -0.1) is 23.2 Å². The molecule has 0 amide bonds. The number of phenolic OH excluding ortho intramolecular Hbond substituents is 1. The van der Waals surface area contributed by atoms with Crippen LogP contribution in [-0.2, 0) is 6.42 Å². The molecule has 0 saturated heterocycles. The predicted molar refractivity (Wildman–Crippen MR) is 60.6 cm³/mol. The first-order valence-corrected chi connectivity index (χ1v) is 5.37. The van der Waals surface area contributed by atoms with Gasteiger partial charge in [-0.2, -0.15) is 0 Å². The Morgan fingerprint density at radius 1 is 1.44 bits per heavy atom. The molecular formula is C10H10Cl2O4. The fourth-order valence-electron chi connectivity index (χ4n) is 1.21. The van der Waals surface area contributed by atoms with Gasteiger partial charge in [-0.05, 0) is 24.5 Å². The number of aryl methyl sites for hydroxylation is 1. The molecule has 0 aliphatic carbocycles. The Hall–Kier alpha value is -1.13. The Balaban J connectivity index is 2.81. The van der Waals surface area contributed by atoms with Crippen LogP contribution in [-0.4, -0.2) is 21.2 Å². The topological polar surface area (TPSA) is 66.8 Å². The lowest BCUT2D eigenvalue weighted by atomic mass is 10.1. The lowest BCUT2D eigenvalue weighted by Crippen LogP contribution is -2.04. The van der Waals surface area contributed by atoms with Crippen LogP contribution >= 0.6 is 23.2 Å². The molecule has 0 aromatic heterocycles. The average Bonchev–Trinajstić information content (AvgIpc) is 2.18. The number of carbonyl (C=O) groups is 1. The summed E-state index contributed by atoms with van der Waals surface area (Å²) in [5.74, 6) is -0.287. The van der Waals surface area contributed by atoms with Gasteiger partial charge in [0.2, 0.25) is 0 Å². The number of hydrogen-bond donors (Lipinski definition) is 2. The molecule has 4 nitrogen and oxygen atoms in total. The number of alkyl halides is 2. The van der Waals surface area contributed by atoms with E-state index < -0.39 is 11.0 Å². The van der Waals surface area contributed by atoms with Crippen molar-refractivity contribution in [2.45, 2.75) is 17.7 Å². The number of carboxylic acid groups (broad SMARTS) is 1. The SMILES string of the molecule is O=C(O)Oc1cccc(CCC(Cl)Cl)c1O. The first kappa shape index (κ1) is 12.9. The highest BCUT2D eigenvalue weighted by Crippen LogP contribution is 2.31. The molecule has 88 valence electrons. The van der Waals surface area contributed by atoms with Crippen molar-refractivity contribution in [1.82, 2.24) is 0 Å². The summed E-state index contributed by atoms with van der Waals surface area (Å²) in [6.07, 6.45) is -0.562. The summed E-state index contributed by atoms with van der Waals surface area (Å²) in [6, 6.07) is 4.61. The van der Waals surface area contributed by atoms with Gasteiger partial charge in [-0.1, -0.05) is 12.1 Å². The maximum atomic E-state index is 10.3. The Labute approximate surface area is 102 Å². The van der Waals surface area contributed by atoms with Crippen molar-refractivity contribution < 1.29 is 19.7 Å². The zero-order chi connectivity index (χ0) is 12.1. The van der Waals surface area contributed by atoms with E-state index >= 15 is 0 Å². The van der Waals surface area contributed by atoms with E-state index in [1.165, 1.54) is 6.07 Å². The van der Waals surface area contributed by atoms with Gasteiger partial charge in [0, 0.05) is 0 Å². The van der Waals surface area contributed by atoms with Gasteiger partial charge in [-0.3, -0.25) is 0 Å². The number of para-hydroxylation sites is 1. The highest BCUT2D eigenvalue weighted by atomic mass is 35.5. The van der Waals surface area contributed by atoms with Crippen molar-refractivity contribution in [2.24, 2.45) is 0 Å². The smallest absolute Gasteiger partial charge is 0.504 e. The van der Waals surface area contributed by atoms with Crippen LogP contribution in [0.5, 0.6) is 11.5 Å². The average molecular weight is 265 g/mol. The Bertz CT molecular complexity index is 379. The second kappa shape index (κ2) is 5.82. The van der Waals surface area contributed by atoms with E-state index in [9.17, 15) is 9.90 Å². The monoisotopic (exact) mass is 264 g/mol. The highest BCUT2D eigenvalue weighted by molar-refractivity contribution is 6.44. The summed E-state index contributed by atoms with van der Waals surface area (Å²) >= 11 is 11.1. The minimum atomic E-state index is -1.47. The number of aromatic hydroxyl groups is 1. The van der Waals surface area contributed by atoms with E-state index in [0.717, 1.165) is 0 Å². The van der Waals surface area contributed by atoms with Crippen molar-refractivity contribution in [3.05, 3.63) is 23.8 Å². The van der Waals surface area contributed by atoms with Gasteiger partial charge >= 0.3 is 6.16 Å². The van der Waals surface area contributed by atoms with Crippen molar-refractivity contribution in [3.63, 3.8) is 0 Å². The normalized spacial score (nSPS) is 10.4. The van der Waals surface area contributed by atoms with Crippen molar-refractivity contribution in [2.75, 3.05) is 0 Å². The van der Waals surface area contributed by atoms with Crippen molar-refractivity contribution >= 4 is 29.4 Å². The molecule has 0 atom stereocenters. The molecule has 0 bridgehead atoms. The number of halogens is 2. The summed E-state index contributed by atoms with van der Waals surface area (Å²) in [7, 11) is 0. The second-order valence-electron chi connectivity index (χ2n) is 3.06. The Morgan fingerprint density at radius 2 is 2.12 bits per heavy atom. The van der Waals surface area contributed by atoms with E-state index in [-0.39, 0.29) is 11.5 Å². The standard InChI is InChI=1S/C10H10Cl2O4/c11-8(12)5-4-6-2-1-3-7(9(6)13)16-10(14)15/h1-3,8,13H,4-5H2,(H,14,15). The summed E-state index contributed by atoms with van der Waals surface area (Å²) < 4.78 is 4.39. The highest BCUT2D eigenvalue weighted by Gasteiger charge is 2.11. The van der Waals surface area contributed by atoms with Gasteiger partial charge in [0.05, 0.1) is 0 Å².